The average molecular weight is 457 g/mol. The molecule has 164 valence electrons. The Hall–Kier alpha value is -2.17. The molecule has 1 aliphatic carbocycles. The first-order valence-corrected chi connectivity index (χ1v) is 12.4. The van der Waals surface area contributed by atoms with Crippen LogP contribution in [-0.2, 0) is 27.2 Å². The summed E-state index contributed by atoms with van der Waals surface area (Å²) in [7, 11) is 0. The predicted molar refractivity (Wildman–Crippen MR) is 124 cm³/mol. The summed E-state index contributed by atoms with van der Waals surface area (Å²) in [6.07, 6.45) is 2.58. The molecule has 7 heteroatoms. The molecule has 31 heavy (non-hydrogen) atoms. The van der Waals surface area contributed by atoms with Crippen LogP contribution in [0.2, 0.25) is 0 Å². The van der Waals surface area contributed by atoms with Crippen LogP contribution in [0, 0.1) is 22.7 Å². The van der Waals surface area contributed by atoms with Crippen LogP contribution in [-0.4, -0.2) is 29.1 Å². The Balaban J connectivity index is 1.96. The van der Waals surface area contributed by atoms with E-state index in [1.54, 1.807) is 18.3 Å². The molecule has 0 radical (unpaired) electrons. The number of rotatable bonds is 7. The number of nitrogens with zero attached hydrogens (tertiary/aromatic N) is 2. The maximum atomic E-state index is 12.2. The number of fused-ring (bicyclic) bond motifs is 1. The lowest BCUT2D eigenvalue weighted by Gasteiger charge is -2.35. The number of aromatic nitrogens is 1. The fourth-order valence-electron chi connectivity index (χ4n) is 3.95. The molecule has 0 aliphatic heterocycles. The summed E-state index contributed by atoms with van der Waals surface area (Å²) in [6.45, 7) is 8.77. The van der Waals surface area contributed by atoms with E-state index >= 15 is 0 Å². The number of nitriles is 1. The van der Waals surface area contributed by atoms with E-state index in [1.165, 1.54) is 17.3 Å². The van der Waals surface area contributed by atoms with Crippen molar-refractivity contribution in [3.8, 4) is 16.5 Å². The first kappa shape index (κ1) is 23.5. The zero-order chi connectivity index (χ0) is 22.6. The standard InChI is InChI=1S/C24H28N2O3S2/c1-5-29-21(28)12-16(27)14-31-23-18(13-25)22(20-7-6-10-30-20)17-11-15(24(2,3)4)8-9-19(17)26-23/h6-7,10,15H,5,8-9,11-12,14H2,1-4H3/t15-/m0/s1. The number of esters is 1. The minimum absolute atomic E-state index is 0.0910. The second-order valence-corrected chi connectivity index (χ2v) is 10.7. The number of ketones is 1. The molecule has 0 bridgehead atoms. The van der Waals surface area contributed by atoms with Gasteiger partial charge in [0.2, 0.25) is 0 Å². The molecule has 0 saturated heterocycles. The maximum Gasteiger partial charge on any atom is 0.313 e. The molecule has 1 atom stereocenters. The molecule has 0 N–H and O–H groups in total. The molecule has 3 rings (SSSR count). The summed E-state index contributed by atoms with van der Waals surface area (Å²) >= 11 is 2.86. The van der Waals surface area contributed by atoms with Crippen LogP contribution in [0.1, 0.15) is 57.4 Å². The molecule has 0 amide bonds. The van der Waals surface area contributed by atoms with E-state index in [4.69, 9.17) is 9.72 Å². The van der Waals surface area contributed by atoms with E-state index in [9.17, 15) is 14.9 Å². The van der Waals surface area contributed by atoms with E-state index in [2.05, 4.69) is 26.8 Å². The first-order chi connectivity index (χ1) is 14.7. The molecule has 2 heterocycles. The fourth-order valence-corrected chi connectivity index (χ4v) is 5.62. The Labute approximate surface area is 192 Å². The van der Waals surface area contributed by atoms with Crippen molar-refractivity contribution in [3.63, 3.8) is 0 Å². The van der Waals surface area contributed by atoms with Gasteiger partial charge >= 0.3 is 5.97 Å². The molecular weight excluding hydrogens is 428 g/mol. The number of carbonyl (C=O) groups is 2. The molecule has 5 nitrogen and oxygen atoms in total. The van der Waals surface area contributed by atoms with Crippen LogP contribution in [0.15, 0.2) is 22.5 Å². The SMILES string of the molecule is CCOC(=O)CC(=O)CSc1nc2c(c(-c3cccs3)c1C#N)C[C@@H](C(C)(C)C)CC2. The van der Waals surface area contributed by atoms with Gasteiger partial charge in [-0.05, 0) is 54.5 Å². The number of Topliss-reactive ketones (excluding diaryl/α,β-unsaturated/α-hetero) is 1. The van der Waals surface area contributed by atoms with Gasteiger partial charge in [-0.15, -0.1) is 11.3 Å². The number of thiophene rings is 1. The number of thioether (sulfide) groups is 1. The highest BCUT2D eigenvalue weighted by atomic mass is 32.2. The van der Waals surface area contributed by atoms with Gasteiger partial charge < -0.3 is 4.74 Å². The van der Waals surface area contributed by atoms with Crippen molar-refractivity contribution in [3.05, 3.63) is 34.3 Å². The van der Waals surface area contributed by atoms with Crippen molar-refractivity contribution in [2.45, 2.75) is 58.4 Å². The fraction of sp³-hybridized carbons (Fsp3) is 0.500. The third kappa shape index (κ3) is 5.55. The van der Waals surface area contributed by atoms with Gasteiger partial charge in [-0.25, -0.2) is 4.98 Å². The molecule has 2 aromatic heterocycles. The highest BCUT2D eigenvalue weighted by molar-refractivity contribution is 8.00. The molecule has 0 unspecified atom stereocenters. The van der Waals surface area contributed by atoms with Crippen LogP contribution in [0.3, 0.4) is 0 Å². The summed E-state index contributed by atoms with van der Waals surface area (Å²) in [5.41, 5.74) is 3.89. The molecule has 1 aliphatic rings. The van der Waals surface area contributed by atoms with Crippen molar-refractivity contribution in [1.82, 2.24) is 4.98 Å². The molecule has 0 saturated carbocycles. The Morgan fingerprint density at radius 2 is 2.16 bits per heavy atom. The van der Waals surface area contributed by atoms with Crippen molar-refractivity contribution in [2.24, 2.45) is 11.3 Å². The minimum Gasteiger partial charge on any atom is -0.466 e. The first-order valence-electron chi connectivity index (χ1n) is 10.5. The summed E-state index contributed by atoms with van der Waals surface area (Å²) in [4.78, 5) is 29.7. The number of pyridine rings is 1. The van der Waals surface area contributed by atoms with Crippen molar-refractivity contribution in [2.75, 3.05) is 12.4 Å². The lowest BCUT2D eigenvalue weighted by Crippen LogP contribution is -2.28. The van der Waals surface area contributed by atoms with E-state index in [1.807, 2.05) is 17.5 Å². The topological polar surface area (TPSA) is 80.1 Å². The zero-order valence-electron chi connectivity index (χ0n) is 18.5. The molecule has 0 fully saturated rings. The highest BCUT2D eigenvalue weighted by Gasteiger charge is 2.33. The van der Waals surface area contributed by atoms with Gasteiger partial charge in [-0.3, -0.25) is 9.59 Å². The Morgan fingerprint density at radius 1 is 1.39 bits per heavy atom. The quantitative estimate of drug-likeness (QED) is 0.313. The van der Waals surface area contributed by atoms with Gasteiger partial charge in [0, 0.05) is 16.1 Å². The summed E-state index contributed by atoms with van der Waals surface area (Å²) in [6, 6.07) is 6.40. The second-order valence-electron chi connectivity index (χ2n) is 8.80. The van der Waals surface area contributed by atoms with Crippen molar-refractivity contribution in [1.29, 1.82) is 5.26 Å². The lowest BCUT2D eigenvalue weighted by molar-refractivity contribution is -0.145. The van der Waals surface area contributed by atoms with Crippen LogP contribution < -0.4 is 0 Å². The van der Waals surface area contributed by atoms with E-state index in [0.717, 1.165) is 35.4 Å². The maximum absolute atomic E-state index is 12.2. The van der Waals surface area contributed by atoms with Gasteiger partial charge in [-0.2, -0.15) is 5.26 Å². The lowest BCUT2D eigenvalue weighted by atomic mass is 9.70. The third-order valence-corrected chi connectivity index (χ3v) is 7.57. The van der Waals surface area contributed by atoms with Gasteiger partial charge in [0.05, 0.1) is 17.9 Å². The number of hydrogen-bond acceptors (Lipinski definition) is 7. The van der Waals surface area contributed by atoms with Crippen LogP contribution in [0.5, 0.6) is 0 Å². The van der Waals surface area contributed by atoms with Gasteiger partial charge in [0.15, 0.2) is 5.78 Å². The largest absolute Gasteiger partial charge is 0.466 e. The Bertz CT molecular complexity index is 1000. The molecule has 0 spiro atoms. The molecule has 2 aromatic rings. The van der Waals surface area contributed by atoms with Crippen LogP contribution >= 0.6 is 23.1 Å². The normalized spacial score (nSPS) is 15.8. The summed E-state index contributed by atoms with van der Waals surface area (Å²) in [5.74, 6) is -0.123. The summed E-state index contributed by atoms with van der Waals surface area (Å²) < 4.78 is 4.85. The number of ether oxygens (including phenoxy) is 1. The monoisotopic (exact) mass is 456 g/mol. The Kier molecular flexibility index (Phi) is 7.55. The number of carbonyl (C=O) groups excluding carboxylic acids is 2. The number of aryl methyl sites for hydroxylation is 1. The zero-order valence-corrected chi connectivity index (χ0v) is 20.1. The number of hydrogen-bond donors (Lipinski definition) is 0. The van der Waals surface area contributed by atoms with Crippen LogP contribution in [0.4, 0.5) is 0 Å². The summed E-state index contributed by atoms with van der Waals surface area (Å²) in [5, 5.41) is 12.6. The van der Waals surface area contributed by atoms with Crippen LogP contribution in [0.25, 0.3) is 10.4 Å². The van der Waals surface area contributed by atoms with E-state index in [0.29, 0.717) is 16.5 Å². The smallest absolute Gasteiger partial charge is 0.313 e. The molecule has 0 aromatic carbocycles. The van der Waals surface area contributed by atoms with Gasteiger partial charge in [0.1, 0.15) is 17.5 Å². The minimum atomic E-state index is -0.514. The van der Waals surface area contributed by atoms with Gasteiger partial charge in [0.25, 0.3) is 0 Å². The highest BCUT2D eigenvalue weighted by Crippen LogP contribution is 2.44. The third-order valence-electron chi connectivity index (χ3n) is 5.65. The van der Waals surface area contributed by atoms with E-state index < -0.39 is 5.97 Å². The average Bonchev–Trinajstić information content (AvgIpc) is 3.24. The van der Waals surface area contributed by atoms with Crippen molar-refractivity contribution >= 4 is 34.9 Å². The molecular formula is C24H28N2O3S2. The van der Waals surface area contributed by atoms with Gasteiger partial charge in [-0.1, -0.05) is 38.6 Å². The van der Waals surface area contributed by atoms with Crippen molar-refractivity contribution < 1.29 is 14.3 Å². The second kappa shape index (κ2) is 9.97. The Morgan fingerprint density at radius 3 is 2.77 bits per heavy atom. The van der Waals surface area contributed by atoms with E-state index in [-0.39, 0.29) is 30.0 Å². The predicted octanol–water partition coefficient (Wildman–Crippen LogP) is 5.45.